The molecule has 1 aliphatic heterocycles. The van der Waals surface area contributed by atoms with Crippen molar-refractivity contribution in [3.63, 3.8) is 0 Å². The Kier molecular flexibility index (Phi) is 8.15. The summed E-state index contributed by atoms with van der Waals surface area (Å²) in [7, 11) is 0. The highest BCUT2D eigenvalue weighted by atomic mass is 32.1. The van der Waals surface area contributed by atoms with Crippen molar-refractivity contribution < 1.29 is 9.59 Å². The van der Waals surface area contributed by atoms with Crippen LogP contribution in [0.15, 0.2) is 24.3 Å². The number of carbonyl (C=O) groups is 2. The second-order valence-electron chi connectivity index (χ2n) is 8.60. The van der Waals surface area contributed by atoms with Gasteiger partial charge in [-0.3, -0.25) is 14.5 Å². The first-order valence-electron chi connectivity index (χ1n) is 11.1. The van der Waals surface area contributed by atoms with Crippen molar-refractivity contribution in [3.8, 4) is 0 Å². The van der Waals surface area contributed by atoms with Crippen LogP contribution in [0, 0.1) is 11.8 Å². The number of likely N-dealkylation sites (tertiary alicyclic amines) is 1. The normalized spacial score (nSPS) is 16.3. The number of nitrogens with one attached hydrogen (secondary N) is 2. The Balaban J connectivity index is 1.46. The maximum absolute atomic E-state index is 12.5. The number of piperidine rings is 1. The number of hydrogen-bond acceptors (Lipinski definition) is 6. The number of rotatable bonds is 8. The fourth-order valence-electron chi connectivity index (χ4n) is 3.47. The van der Waals surface area contributed by atoms with Crippen LogP contribution < -0.4 is 10.6 Å². The largest absolute Gasteiger partial charge is 0.353 e. The molecule has 1 fully saturated rings. The quantitative estimate of drug-likeness (QED) is 0.649. The summed E-state index contributed by atoms with van der Waals surface area (Å²) in [6, 6.07) is 8.02. The van der Waals surface area contributed by atoms with Crippen molar-refractivity contribution in [2.45, 2.75) is 59.5 Å². The van der Waals surface area contributed by atoms with E-state index in [9.17, 15) is 9.59 Å². The summed E-state index contributed by atoms with van der Waals surface area (Å²) in [5.41, 5.74) is 1.98. The van der Waals surface area contributed by atoms with E-state index in [0.717, 1.165) is 43.0 Å². The molecule has 3 rings (SSSR count). The number of carbonyl (C=O) groups excluding carboxylic acids is 2. The number of anilines is 1. The summed E-state index contributed by atoms with van der Waals surface area (Å²) in [4.78, 5) is 27.2. The minimum absolute atomic E-state index is 0.0762. The van der Waals surface area contributed by atoms with E-state index in [1.165, 1.54) is 16.9 Å². The van der Waals surface area contributed by atoms with Gasteiger partial charge in [-0.2, -0.15) is 0 Å². The molecular weight excluding hydrogens is 410 g/mol. The van der Waals surface area contributed by atoms with Crippen LogP contribution in [-0.4, -0.2) is 46.0 Å². The molecule has 1 aromatic heterocycles. The van der Waals surface area contributed by atoms with Crippen LogP contribution in [0.25, 0.3) is 0 Å². The second kappa shape index (κ2) is 10.8. The number of aromatic nitrogens is 2. The van der Waals surface area contributed by atoms with Gasteiger partial charge in [-0.05, 0) is 62.9 Å². The van der Waals surface area contributed by atoms with E-state index >= 15 is 0 Å². The van der Waals surface area contributed by atoms with Crippen LogP contribution in [0.3, 0.4) is 0 Å². The van der Waals surface area contributed by atoms with Crippen LogP contribution in [-0.2, 0) is 17.8 Å². The number of aryl methyl sites for hydroxylation is 1. The minimum atomic E-state index is -0.234. The van der Waals surface area contributed by atoms with Crippen molar-refractivity contribution in [1.29, 1.82) is 0 Å². The highest BCUT2D eigenvalue weighted by Crippen LogP contribution is 2.21. The third-order valence-corrected chi connectivity index (χ3v) is 6.88. The van der Waals surface area contributed by atoms with Gasteiger partial charge in [0.05, 0.1) is 6.54 Å². The Morgan fingerprint density at radius 3 is 2.42 bits per heavy atom. The molecule has 0 radical (unpaired) electrons. The van der Waals surface area contributed by atoms with Gasteiger partial charge < -0.3 is 10.6 Å². The average molecular weight is 444 g/mol. The molecule has 1 unspecified atom stereocenters. The SMILES string of the molecule is CCc1ccc(NC(=O)c2nnc(CN3CCC(C(=O)NC(C)C(C)C)CC3)s2)cc1. The van der Waals surface area contributed by atoms with Crippen LogP contribution in [0.4, 0.5) is 5.69 Å². The van der Waals surface area contributed by atoms with Gasteiger partial charge in [-0.25, -0.2) is 0 Å². The molecule has 8 heteroatoms. The van der Waals surface area contributed by atoms with E-state index < -0.39 is 0 Å². The van der Waals surface area contributed by atoms with Gasteiger partial charge in [-0.15, -0.1) is 10.2 Å². The fourth-order valence-corrected chi connectivity index (χ4v) is 4.25. The van der Waals surface area contributed by atoms with Gasteiger partial charge in [-0.1, -0.05) is 44.2 Å². The van der Waals surface area contributed by atoms with E-state index in [-0.39, 0.29) is 23.8 Å². The first-order valence-corrected chi connectivity index (χ1v) is 11.9. The number of nitrogens with zero attached hydrogens (tertiary/aromatic N) is 3. The maximum atomic E-state index is 12.5. The Hall–Kier alpha value is -2.32. The number of hydrogen-bond donors (Lipinski definition) is 2. The van der Waals surface area contributed by atoms with Crippen molar-refractivity contribution in [1.82, 2.24) is 20.4 Å². The maximum Gasteiger partial charge on any atom is 0.286 e. The molecular formula is C23H33N5O2S. The van der Waals surface area contributed by atoms with Gasteiger partial charge in [0, 0.05) is 17.6 Å². The van der Waals surface area contributed by atoms with E-state index in [4.69, 9.17) is 0 Å². The molecule has 31 heavy (non-hydrogen) atoms. The summed E-state index contributed by atoms with van der Waals surface area (Å²) >= 11 is 1.33. The van der Waals surface area contributed by atoms with Crippen molar-refractivity contribution in [2.24, 2.45) is 11.8 Å². The highest BCUT2D eigenvalue weighted by molar-refractivity contribution is 7.13. The van der Waals surface area contributed by atoms with Crippen LogP contribution in [0.2, 0.25) is 0 Å². The Morgan fingerprint density at radius 1 is 1.13 bits per heavy atom. The molecule has 2 aromatic rings. The molecule has 1 aromatic carbocycles. The van der Waals surface area contributed by atoms with Crippen LogP contribution in [0.5, 0.6) is 0 Å². The standard InChI is InChI=1S/C23H33N5O2S/c1-5-17-6-8-19(9-7-17)25-22(30)23-27-26-20(31-23)14-28-12-10-18(11-13-28)21(29)24-16(4)15(2)3/h6-9,15-16,18H,5,10-14H2,1-4H3,(H,24,29)(H,25,30). The van der Waals surface area contributed by atoms with Crippen molar-refractivity contribution in [2.75, 3.05) is 18.4 Å². The predicted octanol–water partition coefficient (Wildman–Crippen LogP) is 3.73. The molecule has 1 aliphatic rings. The Labute approximate surface area is 188 Å². The minimum Gasteiger partial charge on any atom is -0.353 e. The number of amides is 2. The molecule has 1 saturated heterocycles. The first kappa shape index (κ1) is 23.3. The van der Waals surface area contributed by atoms with E-state index in [0.29, 0.717) is 17.5 Å². The van der Waals surface area contributed by atoms with E-state index in [1.807, 2.05) is 24.3 Å². The van der Waals surface area contributed by atoms with E-state index in [1.54, 1.807) is 0 Å². The lowest BCUT2D eigenvalue weighted by Crippen LogP contribution is -2.44. The lowest BCUT2D eigenvalue weighted by atomic mass is 9.95. The first-order chi connectivity index (χ1) is 14.9. The molecule has 0 bridgehead atoms. The monoisotopic (exact) mass is 443 g/mol. The zero-order valence-electron chi connectivity index (χ0n) is 18.9. The summed E-state index contributed by atoms with van der Waals surface area (Å²) in [5, 5.41) is 15.5. The van der Waals surface area contributed by atoms with Gasteiger partial charge in [0.1, 0.15) is 5.01 Å². The molecule has 7 nitrogen and oxygen atoms in total. The van der Waals surface area contributed by atoms with Gasteiger partial charge in [0.15, 0.2) is 0 Å². The summed E-state index contributed by atoms with van der Waals surface area (Å²) < 4.78 is 0. The van der Waals surface area contributed by atoms with Gasteiger partial charge in [0.25, 0.3) is 5.91 Å². The summed E-state index contributed by atoms with van der Waals surface area (Å²) in [5.74, 6) is 0.446. The molecule has 2 amide bonds. The van der Waals surface area contributed by atoms with Gasteiger partial charge in [0.2, 0.25) is 10.9 Å². The second-order valence-corrected chi connectivity index (χ2v) is 9.66. The lowest BCUT2D eigenvalue weighted by molar-refractivity contribution is -0.127. The third-order valence-electron chi connectivity index (χ3n) is 5.97. The summed E-state index contributed by atoms with van der Waals surface area (Å²) in [6.07, 6.45) is 2.65. The van der Waals surface area contributed by atoms with Gasteiger partial charge >= 0.3 is 0 Å². The topological polar surface area (TPSA) is 87.2 Å². The molecule has 1 atom stereocenters. The molecule has 0 saturated carbocycles. The zero-order chi connectivity index (χ0) is 22.4. The fraction of sp³-hybridized carbons (Fsp3) is 0.565. The molecule has 0 spiro atoms. The molecule has 0 aliphatic carbocycles. The lowest BCUT2D eigenvalue weighted by Gasteiger charge is -2.31. The Bertz CT molecular complexity index is 872. The average Bonchev–Trinajstić information content (AvgIpc) is 3.23. The Morgan fingerprint density at radius 2 is 1.81 bits per heavy atom. The zero-order valence-corrected chi connectivity index (χ0v) is 19.7. The summed E-state index contributed by atoms with van der Waals surface area (Å²) in [6.45, 7) is 10.7. The molecule has 2 heterocycles. The predicted molar refractivity (Wildman–Crippen MR) is 124 cm³/mol. The van der Waals surface area contributed by atoms with Crippen molar-refractivity contribution in [3.05, 3.63) is 39.8 Å². The smallest absolute Gasteiger partial charge is 0.286 e. The molecule has 168 valence electrons. The van der Waals surface area contributed by atoms with Crippen LogP contribution >= 0.6 is 11.3 Å². The van der Waals surface area contributed by atoms with Crippen molar-refractivity contribution >= 4 is 28.8 Å². The third kappa shape index (κ3) is 6.58. The van der Waals surface area contributed by atoms with Crippen LogP contribution in [0.1, 0.15) is 60.9 Å². The number of benzene rings is 1. The van der Waals surface area contributed by atoms with E-state index in [2.05, 4.69) is 53.4 Å². The molecule has 2 N–H and O–H groups in total. The highest BCUT2D eigenvalue weighted by Gasteiger charge is 2.27.